The molecule has 2 fully saturated rings. The van der Waals surface area contributed by atoms with Crippen molar-refractivity contribution in [1.29, 1.82) is 0 Å². The van der Waals surface area contributed by atoms with E-state index in [1.54, 1.807) is 6.07 Å². The van der Waals surface area contributed by atoms with Gasteiger partial charge in [-0.25, -0.2) is 0 Å². The van der Waals surface area contributed by atoms with Crippen molar-refractivity contribution in [3.05, 3.63) is 29.3 Å². The van der Waals surface area contributed by atoms with E-state index in [1.165, 1.54) is 11.1 Å². The first-order valence-corrected chi connectivity index (χ1v) is 8.98. The molecule has 3 aliphatic rings. The van der Waals surface area contributed by atoms with Gasteiger partial charge < -0.3 is 25.0 Å². The Morgan fingerprint density at radius 2 is 2.21 bits per heavy atom. The molecular weight excluding hydrogens is 306 g/mol. The summed E-state index contributed by atoms with van der Waals surface area (Å²) < 4.78 is 5.82. The molecule has 0 amide bonds. The zero-order valence-corrected chi connectivity index (χ0v) is 14.2. The van der Waals surface area contributed by atoms with Crippen LogP contribution in [0.15, 0.2) is 18.2 Å². The zero-order chi connectivity index (χ0) is 16.9. The highest BCUT2D eigenvalue weighted by molar-refractivity contribution is 5.45. The molecule has 4 rings (SSSR count). The standard InChI is InChI=1S/C19H27NO4/c1-20-5-4-19-11-14(24-7-6-21)10-17(23)18(19)16(20)8-12-2-3-13(22)9-15(12)19/h2-3,9,14,16-18,21-23H,4-8,10-11H2,1H3/t14-,16+,17+,18?,19?/m0/s1. The van der Waals surface area contributed by atoms with Crippen LogP contribution >= 0.6 is 0 Å². The van der Waals surface area contributed by atoms with E-state index in [4.69, 9.17) is 9.84 Å². The van der Waals surface area contributed by atoms with Crippen LogP contribution in [0.3, 0.4) is 0 Å². The number of likely N-dealkylation sites (N-methyl/N-ethyl adjacent to an activating group) is 1. The summed E-state index contributed by atoms with van der Waals surface area (Å²) in [6, 6.07) is 6.05. The Kier molecular flexibility index (Phi) is 4.07. The van der Waals surface area contributed by atoms with Crippen molar-refractivity contribution in [1.82, 2.24) is 4.90 Å². The van der Waals surface area contributed by atoms with Crippen LogP contribution in [0, 0.1) is 5.92 Å². The first-order chi connectivity index (χ1) is 11.5. The number of piperidine rings is 1. The molecule has 3 N–H and O–H groups in total. The van der Waals surface area contributed by atoms with Crippen molar-refractivity contribution in [3.63, 3.8) is 0 Å². The minimum absolute atomic E-state index is 0.00572. The summed E-state index contributed by atoms with van der Waals surface area (Å²) in [6.07, 6.45) is 2.93. The van der Waals surface area contributed by atoms with Gasteiger partial charge in [0.15, 0.2) is 0 Å². The largest absolute Gasteiger partial charge is 0.508 e. The fourth-order valence-corrected chi connectivity index (χ4v) is 5.60. The topological polar surface area (TPSA) is 73.2 Å². The van der Waals surface area contributed by atoms with Gasteiger partial charge in [-0.2, -0.15) is 0 Å². The molecule has 5 nitrogen and oxygen atoms in total. The quantitative estimate of drug-likeness (QED) is 0.771. The number of aliphatic hydroxyl groups excluding tert-OH is 2. The Labute approximate surface area is 142 Å². The van der Waals surface area contributed by atoms with Gasteiger partial charge in [0.05, 0.1) is 25.4 Å². The predicted molar refractivity (Wildman–Crippen MR) is 90.1 cm³/mol. The number of hydrogen-bond donors (Lipinski definition) is 3. The van der Waals surface area contributed by atoms with E-state index in [0.717, 1.165) is 25.8 Å². The highest BCUT2D eigenvalue weighted by Crippen LogP contribution is 2.56. The van der Waals surface area contributed by atoms with Crippen LogP contribution in [0.2, 0.25) is 0 Å². The van der Waals surface area contributed by atoms with E-state index >= 15 is 0 Å². The lowest BCUT2D eigenvalue weighted by Gasteiger charge is -2.60. The van der Waals surface area contributed by atoms with Crippen LogP contribution in [0.5, 0.6) is 5.75 Å². The Balaban J connectivity index is 1.79. The number of aromatic hydroxyl groups is 1. The first-order valence-electron chi connectivity index (χ1n) is 8.98. The van der Waals surface area contributed by atoms with Crippen molar-refractivity contribution in [3.8, 4) is 5.75 Å². The van der Waals surface area contributed by atoms with Gasteiger partial charge in [0.25, 0.3) is 0 Å². The number of likely N-dealkylation sites (tertiary alicyclic amines) is 1. The summed E-state index contributed by atoms with van der Waals surface area (Å²) >= 11 is 0. The number of hydrogen-bond acceptors (Lipinski definition) is 5. The third-order valence-electron chi connectivity index (χ3n) is 6.54. The zero-order valence-electron chi connectivity index (χ0n) is 14.2. The Hall–Kier alpha value is -1.14. The molecule has 2 aliphatic carbocycles. The van der Waals surface area contributed by atoms with Crippen molar-refractivity contribution in [2.24, 2.45) is 5.92 Å². The fraction of sp³-hybridized carbons (Fsp3) is 0.684. The summed E-state index contributed by atoms with van der Waals surface area (Å²) in [4.78, 5) is 2.39. The lowest BCUT2D eigenvalue weighted by molar-refractivity contribution is -0.127. The van der Waals surface area contributed by atoms with Gasteiger partial charge in [-0.3, -0.25) is 0 Å². The molecule has 2 bridgehead atoms. The number of rotatable bonds is 3. The summed E-state index contributed by atoms with van der Waals surface area (Å²) in [5, 5.41) is 30.1. The molecular formula is C19H27NO4. The maximum atomic E-state index is 11.0. The van der Waals surface area contributed by atoms with E-state index in [1.807, 2.05) is 12.1 Å². The second-order valence-corrected chi connectivity index (χ2v) is 7.75. The Bertz CT molecular complexity index is 621. The molecule has 24 heavy (non-hydrogen) atoms. The van der Waals surface area contributed by atoms with Gasteiger partial charge in [0.1, 0.15) is 5.75 Å². The van der Waals surface area contributed by atoms with Crippen LogP contribution < -0.4 is 0 Å². The third kappa shape index (κ3) is 2.37. The van der Waals surface area contributed by atoms with Crippen molar-refractivity contribution in [2.75, 3.05) is 26.8 Å². The lowest BCUT2D eigenvalue weighted by atomic mass is 9.51. The van der Waals surface area contributed by atoms with Crippen molar-refractivity contribution in [2.45, 2.75) is 49.3 Å². The number of nitrogens with zero attached hydrogens (tertiary/aromatic N) is 1. The lowest BCUT2D eigenvalue weighted by Crippen LogP contribution is -2.65. The average molecular weight is 333 g/mol. The molecule has 1 aromatic carbocycles. The van der Waals surface area contributed by atoms with Crippen LogP contribution in [-0.2, 0) is 16.6 Å². The molecule has 1 heterocycles. The summed E-state index contributed by atoms with van der Waals surface area (Å²) in [7, 11) is 2.15. The van der Waals surface area contributed by atoms with E-state index in [-0.39, 0.29) is 24.0 Å². The first kappa shape index (κ1) is 16.3. The van der Waals surface area contributed by atoms with Crippen molar-refractivity contribution < 1.29 is 20.1 Å². The average Bonchev–Trinajstić information content (AvgIpc) is 2.57. The highest BCUT2D eigenvalue weighted by Gasteiger charge is 2.58. The van der Waals surface area contributed by atoms with E-state index < -0.39 is 6.10 Å². The molecule has 0 aromatic heterocycles. The van der Waals surface area contributed by atoms with E-state index in [0.29, 0.717) is 24.8 Å². The minimum Gasteiger partial charge on any atom is -0.508 e. The highest BCUT2D eigenvalue weighted by atomic mass is 16.5. The number of phenolic OH excluding ortho intramolecular Hbond substituents is 1. The van der Waals surface area contributed by atoms with E-state index in [2.05, 4.69) is 11.9 Å². The van der Waals surface area contributed by atoms with Gasteiger partial charge >= 0.3 is 0 Å². The van der Waals surface area contributed by atoms with Crippen LogP contribution in [0.1, 0.15) is 30.4 Å². The van der Waals surface area contributed by atoms with Crippen molar-refractivity contribution >= 4 is 0 Å². The second-order valence-electron chi connectivity index (χ2n) is 7.75. The third-order valence-corrected chi connectivity index (χ3v) is 6.54. The van der Waals surface area contributed by atoms with Gasteiger partial charge in [-0.1, -0.05) is 6.07 Å². The monoisotopic (exact) mass is 333 g/mol. The SMILES string of the molecule is CN1CCC23C[C@@H](OCCO)C[C@@H](O)C2[C@H]1Cc1ccc(O)cc13. The summed E-state index contributed by atoms with van der Waals surface area (Å²) in [5.74, 6) is 0.478. The maximum Gasteiger partial charge on any atom is 0.115 e. The fourth-order valence-electron chi connectivity index (χ4n) is 5.60. The molecule has 0 spiro atoms. The Morgan fingerprint density at radius 1 is 1.38 bits per heavy atom. The van der Waals surface area contributed by atoms with Crippen LogP contribution in [0.4, 0.5) is 0 Å². The van der Waals surface area contributed by atoms with Gasteiger partial charge in [0.2, 0.25) is 0 Å². The number of fused-ring (bicyclic) bond motifs is 1. The van der Waals surface area contributed by atoms with Gasteiger partial charge in [0, 0.05) is 17.4 Å². The van der Waals surface area contributed by atoms with Crippen LogP contribution in [-0.4, -0.2) is 65.3 Å². The summed E-state index contributed by atoms with van der Waals surface area (Å²) in [5.41, 5.74) is 2.35. The number of phenols is 1. The molecule has 5 heteroatoms. The number of ether oxygens (including phenoxy) is 1. The van der Waals surface area contributed by atoms with E-state index in [9.17, 15) is 10.2 Å². The molecule has 0 radical (unpaired) electrons. The normalized spacial score (nSPS) is 38.5. The molecule has 1 saturated carbocycles. The maximum absolute atomic E-state index is 11.0. The minimum atomic E-state index is -0.411. The number of aliphatic hydroxyl groups is 2. The predicted octanol–water partition coefficient (Wildman–Crippen LogP) is 1.04. The number of benzene rings is 1. The molecule has 5 atom stereocenters. The summed E-state index contributed by atoms with van der Waals surface area (Å²) in [6.45, 7) is 1.32. The smallest absolute Gasteiger partial charge is 0.115 e. The molecule has 1 aliphatic heterocycles. The molecule has 1 saturated heterocycles. The van der Waals surface area contributed by atoms with Gasteiger partial charge in [-0.05, 0) is 62.5 Å². The molecule has 1 aromatic rings. The molecule has 2 unspecified atom stereocenters. The Morgan fingerprint density at radius 3 is 3.00 bits per heavy atom. The molecule has 132 valence electrons. The van der Waals surface area contributed by atoms with Crippen LogP contribution in [0.25, 0.3) is 0 Å². The second kappa shape index (κ2) is 5.99. The van der Waals surface area contributed by atoms with Gasteiger partial charge in [-0.15, -0.1) is 0 Å².